The Labute approximate surface area is 84.0 Å². The Morgan fingerprint density at radius 3 is 2.00 bits per heavy atom. The fraction of sp³-hybridized carbons (Fsp3) is 0.625. The number of thiazole rings is 1. The zero-order valence-corrected chi connectivity index (χ0v) is 8.88. The molecule has 0 radical (unpaired) electrons. The highest BCUT2D eigenvalue weighted by Gasteiger charge is 2.40. The lowest BCUT2D eigenvalue weighted by Gasteiger charge is -2.18. The Bertz CT molecular complexity index is 304. The molecule has 2 N–H and O–H groups in total. The quantitative estimate of drug-likeness (QED) is 0.735. The fourth-order valence-corrected chi connectivity index (χ4v) is 1.95. The monoisotopic (exact) mass is 224 g/mol. The first kappa shape index (κ1) is 11.3. The van der Waals surface area contributed by atoms with Crippen molar-refractivity contribution in [1.82, 2.24) is 4.98 Å². The second kappa shape index (κ2) is 3.12. The molecular formula is C8H11F3N2S. The van der Waals surface area contributed by atoms with E-state index < -0.39 is 17.3 Å². The first-order chi connectivity index (χ1) is 6.12. The average molecular weight is 224 g/mol. The number of halogens is 3. The first-order valence-electron chi connectivity index (χ1n) is 3.96. The van der Waals surface area contributed by atoms with Crippen LogP contribution < -0.4 is 5.73 Å². The van der Waals surface area contributed by atoms with Gasteiger partial charge >= 0.3 is 6.18 Å². The number of aromatic nitrogens is 1. The Morgan fingerprint density at radius 1 is 1.21 bits per heavy atom. The van der Waals surface area contributed by atoms with Crippen molar-refractivity contribution in [1.29, 1.82) is 0 Å². The van der Waals surface area contributed by atoms with Crippen LogP contribution >= 0.6 is 11.3 Å². The minimum Gasteiger partial charge on any atom is -0.375 e. The number of hydrogen-bond acceptors (Lipinski definition) is 3. The van der Waals surface area contributed by atoms with Crippen LogP contribution in [0.4, 0.5) is 18.3 Å². The largest absolute Gasteiger partial charge is 0.434 e. The minimum absolute atomic E-state index is 0.0396. The molecule has 1 aromatic heterocycles. The summed E-state index contributed by atoms with van der Waals surface area (Å²) in [6, 6.07) is 0. The van der Waals surface area contributed by atoms with Gasteiger partial charge < -0.3 is 5.73 Å². The van der Waals surface area contributed by atoms with Crippen molar-refractivity contribution in [3.8, 4) is 0 Å². The van der Waals surface area contributed by atoms with Gasteiger partial charge in [-0.15, -0.1) is 11.3 Å². The third-order valence-corrected chi connectivity index (χ3v) is 2.90. The molecule has 1 rings (SSSR count). The highest BCUT2D eigenvalue weighted by atomic mass is 32.1. The summed E-state index contributed by atoms with van der Waals surface area (Å²) in [7, 11) is 0. The molecule has 1 heterocycles. The Hall–Kier alpha value is -0.780. The average Bonchev–Trinajstić information content (AvgIpc) is 2.27. The minimum atomic E-state index is -4.42. The molecule has 0 saturated carbocycles. The van der Waals surface area contributed by atoms with Crippen LogP contribution in [0.15, 0.2) is 0 Å². The number of nitrogens with two attached hydrogens (primary N) is 1. The molecule has 0 atom stereocenters. The highest BCUT2D eigenvalue weighted by molar-refractivity contribution is 7.15. The van der Waals surface area contributed by atoms with Crippen LogP contribution in [0, 0.1) is 0 Å². The van der Waals surface area contributed by atoms with Crippen molar-refractivity contribution in [2.75, 3.05) is 5.73 Å². The van der Waals surface area contributed by atoms with Crippen molar-refractivity contribution < 1.29 is 13.2 Å². The van der Waals surface area contributed by atoms with Crippen LogP contribution in [0.3, 0.4) is 0 Å². The number of nitrogen functional groups attached to an aromatic ring is 1. The normalized spacial score (nSPS) is 13.3. The molecular weight excluding hydrogens is 213 g/mol. The second-order valence-corrected chi connectivity index (χ2v) is 5.01. The van der Waals surface area contributed by atoms with Gasteiger partial charge in [-0.25, -0.2) is 4.98 Å². The lowest BCUT2D eigenvalue weighted by atomic mass is 9.93. The van der Waals surface area contributed by atoms with Gasteiger partial charge in [0.05, 0.1) is 0 Å². The zero-order chi connectivity index (χ0) is 11.1. The van der Waals surface area contributed by atoms with E-state index in [1.807, 2.05) is 0 Å². The van der Waals surface area contributed by atoms with E-state index in [0.717, 1.165) is 11.3 Å². The molecule has 0 aliphatic heterocycles. The summed E-state index contributed by atoms with van der Waals surface area (Å²) in [5.41, 5.74) is 3.84. The number of rotatable bonds is 0. The zero-order valence-electron chi connectivity index (χ0n) is 8.07. The molecule has 80 valence electrons. The Balaban J connectivity index is 3.31. The molecule has 0 aliphatic carbocycles. The maximum absolute atomic E-state index is 12.5. The first-order valence-corrected chi connectivity index (χ1v) is 4.78. The molecule has 0 fully saturated rings. The number of anilines is 1. The van der Waals surface area contributed by atoms with Gasteiger partial charge in [0, 0.05) is 4.88 Å². The SMILES string of the molecule is CC(C)(C)c1sc(N)nc1C(F)(F)F. The Morgan fingerprint density at radius 2 is 1.71 bits per heavy atom. The van der Waals surface area contributed by atoms with Crippen molar-refractivity contribution in [2.45, 2.75) is 32.4 Å². The van der Waals surface area contributed by atoms with Gasteiger partial charge in [-0.3, -0.25) is 0 Å². The predicted octanol–water partition coefficient (Wildman–Crippen LogP) is 3.04. The van der Waals surface area contributed by atoms with Crippen LogP contribution in [0.25, 0.3) is 0 Å². The van der Waals surface area contributed by atoms with Gasteiger partial charge in [0.2, 0.25) is 0 Å². The van der Waals surface area contributed by atoms with Crippen LogP contribution in [-0.4, -0.2) is 4.98 Å². The maximum Gasteiger partial charge on any atom is 0.434 e. The second-order valence-electron chi connectivity index (χ2n) is 3.98. The maximum atomic E-state index is 12.5. The number of hydrogen-bond donors (Lipinski definition) is 1. The van der Waals surface area contributed by atoms with Gasteiger partial charge in [-0.05, 0) is 5.41 Å². The van der Waals surface area contributed by atoms with E-state index in [4.69, 9.17) is 5.73 Å². The summed E-state index contributed by atoms with van der Waals surface area (Å²) < 4.78 is 37.4. The van der Waals surface area contributed by atoms with Crippen molar-refractivity contribution >= 4 is 16.5 Å². The van der Waals surface area contributed by atoms with E-state index in [-0.39, 0.29) is 10.0 Å². The molecule has 0 amide bonds. The summed E-state index contributed by atoms with van der Waals surface area (Å²) in [6.45, 7) is 5.11. The van der Waals surface area contributed by atoms with Crippen molar-refractivity contribution in [3.05, 3.63) is 10.6 Å². The molecule has 0 bridgehead atoms. The molecule has 14 heavy (non-hydrogen) atoms. The smallest absolute Gasteiger partial charge is 0.375 e. The highest BCUT2D eigenvalue weighted by Crippen LogP contribution is 2.40. The summed E-state index contributed by atoms with van der Waals surface area (Å²) in [4.78, 5) is 3.50. The summed E-state index contributed by atoms with van der Waals surface area (Å²) >= 11 is 0.895. The molecule has 0 unspecified atom stereocenters. The van der Waals surface area contributed by atoms with Crippen LogP contribution in [-0.2, 0) is 11.6 Å². The third-order valence-electron chi connectivity index (χ3n) is 1.59. The summed E-state index contributed by atoms with van der Waals surface area (Å²) in [5, 5.41) is -0.0396. The molecule has 1 aromatic rings. The van der Waals surface area contributed by atoms with Crippen LogP contribution in [0.5, 0.6) is 0 Å². The lowest BCUT2D eigenvalue weighted by Crippen LogP contribution is -2.17. The molecule has 0 spiro atoms. The van der Waals surface area contributed by atoms with Gasteiger partial charge in [-0.1, -0.05) is 20.8 Å². The van der Waals surface area contributed by atoms with Gasteiger partial charge in [0.1, 0.15) is 0 Å². The van der Waals surface area contributed by atoms with E-state index in [1.54, 1.807) is 20.8 Å². The molecule has 0 saturated heterocycles. The van der Waals surface area contributed by atoms with E-state index in [2.05, 4.69) is 4.98 Å². The number of alkyl halides is 3. The lowest BCUT2D eigenvalue weighted by molar-refractivity contribution is -0.141. The molecule has 0 aliphatic rings. The van der Waals surface area contributed by atoms with E-state index in [1.165, 1.54) is 0 Å². The topological polar surface area (TPSA) is 38.9 Å². The van der Waals surface area contributed by atoms with E-state index in [0.29, 0.717) is 0 Å². The number of nitrogens with zero attached hydrogens (tertiary/aromatic N) is 1. The standard InChI is InChI=1S/C8H11F3N2S/c1-7(2,3)5-4(8(9,10)11)13-6(12)14-5/h1-3H3,(H2,12,13). The molecule has 6 heteroatoms. The van der Waals surface area contributed by atoms with E-state index in [9.17, 15) is 13.2 Å². The predicted molar refractivity (Wildman–Crippen MR) is 50.2 cm³/mol. The van der Waals surface area contributed by atoms with Gasteiger partial charge in [-0.2, -0.15) is 13.2 Å². The van der Waals surface area contributed by atoms with Crippen LogP contribution in [0.2, 0.25) is 0 Å². The summed E-state index contributed by atoms with van der Waals surface area (Å²) in [5.74, 6) is 0. The molecule has 2 nitrogen and oxygen atoms in total. The van der Waals surface area contributed by atoms with Crippen LogP contribution in [0.1, 0.15) is 31.3 Å². The third kappa shape index (κ3) is 2.17. The van der Waals surface area contributed by atoms with E-state index >= 15 is 0 Å². The van der Waals surface area contributed by atoms with Crippen molar-refractivity contribution in [2.24, 2.45) is 0 Å². The Kier molecular flexibility index (Phi) is 2.51. The molecule has 0 aromatic carbocycles. The fourth-order valence-electron chi connectivity index (χ4n) is 1.04. The van der Waals surface area contributed by atoms with Gasteiger partial charge in [0.15, 0.2) is 10.8 Å². The van der Waals surface area contributed by atoms with Crippen molar-refractivity contribution in [3.63, 3.8) is 0 Å². The van der Waals surface area contributed by atoms with Gasteiger partial charge in [0.25, 0.3) is 0 Å². The summed E-state index contributed by atoms with van der Waals surface area (Å²) in [6.07, 6.45) is -4.42.